The largest absolute Gasteiger partial charge is 0.496 e. The Kier molecular flexibility index (Phi) is 6.67. The van der Waals surface area contributed by atoms with Crippen LogP contribution in [0.5, 0.6) is 5.75 Å². The van der Waals surface area contributed by atoms with Gasteiger partial charge in [-0.15, -0.1) is 0 Å². The summed E-state index contributed by atoms with van der Waals surface area (Å²) in [5.41, 5.74) is 2.25. The molecule has 2 N–H and O–H groups in total. The third-order valence-electron chi connectivity index (χ3n) is 3.24. The molecule has 1 atom stereocenters. The summed E-state index contributed by atoms with van der Waals surface area (Å²) in [5, 5.41) is 12.6. The van der Waals surface area contributed by atoms with Crippen molar-refractivity contribution in [3.63, 3.8) is 0 Å². The maximum absolute atomic E-state index is 9.11. The van der Waals surface area contributed by atoms with E-state index in [9.17, 15) is 0 Å². The highest BCUT2D eigenvalue weighted by molar-refractivity contribution is 5.60. The van der Waals surface area contributed by atoms with Crippen molar-refractivity contribution in [2.45, 2.75) is 26.3 Å². The van der Waals surface area contributed by atoms with Crippen LogP contribution in [0.25, 0.3) is 0 Å². The fourth-order valence-corrected chi connectivity index (χ4v) is 2.21. The van der Waals surface area contributed by atoms with Crippen LogP contribution in [0.4, 0.5) is 5.69 Å². The number of hydrogen-bond acceptors (Lipinski definition) is 4. The summed E-state index contributed by atoms with van der Waals surface area (Å²) in [7, 11) is 3.68. The molecule has 1 unspecified atom stereocenters. The summed E-state index contributed by atoms with van der Waals surface area (Å²) in [5.74, 6) is 0.887. The molecule has 0 heterocycles. The van der Waals surface area contributed by atoms with E-state index < -0.39 is 0 Å². The molecule has 0 aliphatic heterocycles. The van der Waals surface area contributed by atoms with Gasteiger partial charge in [-0.3, -0.25) is 0 Å². The van der Waals surface area contributed by atoms with Crippen LogP contribution in [-0.2, 0) is 0 Å². The highest BCUT2D eigenvalue weighted by Crippen LogP contribution is 2.34. The van der Waals surface area contributed by atoms with Gasteiger partial charge in [-0.05, 0) is 32.0 Å². The minimum absolute atomic E-state index is 0.143. The lowest BCUT2D eigenvalue weighted by Crippen LogP contribution is -2.26. The molecular weight excluding hydrogens is 240 g/mol. The van der Waals surface area contributed by atoms with Crippen molar-refractivity contribution in [3.8, 4) is 5.75 Å². The van der Waals surface area contributed by atoms with Gasteiger partial charge in [-0.25, -0.2) is 0 Å². The highest BCUT2D eigenvalue weighted by atomic mass is 16.5. The Labute approximate surface area is 116 Å². The summed E-state index contributed by atoms with van der Waals surface area (Å²) >= 11 is 0. The second kappa shape index (κ2) is 8.02. The number of nitrogens with one attached hydrogen (secondary N) is 1. The molecular formula is C15H26N2O2. The van der Waals surface area contributed by atoms with Crippen LogP contribution in [0.1, 0.15) is 31.9 Å². The van der Waals surface area contributed by atoms with Crippen LogP contribution in [0.15, 0.2) is 18.2 Å². The van der Waals surface area contributed by atoms with Gasteiger partial charge in [0.05, 0.1) is 13.7 Å². The van der Waals surface area contributed by atoms with E-state index in [2.05, 4.69) is 30.1 Å². The van der Waals surface area contributed by atoms with E-state index >= 15 is 0 Å². The van der Waals surface area contributed by atoms with Crippen molar-refractivity contribution in [1.29, 1.82) is 0 Å². The Balaban J connectivity index is 3.08. The van der Waals surface area contributed by atoms with Crippen LogP contribution < -0.4 is 15.0 Å². The molecule has 4 nitrogen and oxygen atoms in total. The van der Waals surface area contributed by atoms with Crippen LogP contribution >= 0.6 is 0 Å². The van der Waals surface area contributed by atoms with Crippen molar-refractivity contribution < 1.29 is 9.84 Å². The van der Waals surface area contributed by atoms with Gasteiger partial charge in [-0.1, -0.05) is 13.0 Å². The SMILES string of the molecule is CCCNC(C)c1c(OC)cccc1N(C)CCO. The first kappa shape index (κ1) is 15.8. The van der Waals surface area contributed by atoms with Gasteiger partial charge in [0.25, 0.3) is 0 Å². The number of likely N-dealkylation sites (N-methyl/N-ethyl adjacent to an activating group) is 1. The third-order valence-corrected chi connectivity index (χ3v) is 3.24. The molecule has 1 aromatic carbocycles. The number of rotatable bonds is 8. The summed E-state index contributed by atoms with van der Waals surface area (Å²) in [4.78, 5) is 2.06. The standard InChI is InChI=1S/C15H26N2O2/c1-5-9-16-12(2)15-13(17(3)10-11-18)7-6-8-14(15)19-4/h6-8,12,16,18H,5,9-11H2,1-4H3. The highest BCUT2D eigenvalue weighted by Gasteiger charge is 2.17. The van der Waals surface area contributed by atoms with Gasteiger partial charge in [0, 0.05) is 30.9 Å². The minimum Gasteiger partial charge on any atom is -0.496 e. The van der Waals surface area contributed by atoms with Crippen LogP contribution in [0.3, 0.4) is 0 Å². The minimum atomic E-state index is 0.143. The molecule has 0 saturated carbocycles. The smallest absolute Gasteiger partial charge is 0.125 e. The lowest BCUT2D eigenvalue weighted by Gasteiger charge is -2.26. The number of methoxy groups -OCH3 is 1. The van der Waals surface area contributed by atoms with E-state index in [4.69, 9.17) is 9.84 Å². The third kappa shape index (κ3) is 4.11. The molecule has 0 fully saturated rings. The molecule has 0 aliphatic rings. The van der Waals surface area contributed by atoms with Crippen LogP contribution in [-0.4, -0.2) is 39.0 Å². The van der Waals surface area contributed by atoms with Crippen LogP contribution in [0, 0.1) is 0 Å². The first-order chi connectivity index (χ1) is 9.15. The van der Waals surface area contributed by atoms with Gasteiger partial charge >= 0.3 is 0 Å². The lowest BCUT2D eigenvalue weighted by molar-refractivity contribution is 0.304. The van der Waals surface area contributed by atoms with Crippen molar-refractivity contribution in [3.05, 3.63) is 23.8 Å². The lowest BCUT2D eigenvalue weighted by atomic mass is 10.0. The molecule has 0 amide bonds. The zero-order valence-electron chi connectivity index (χ0n) is 12.4. The summed E-state index contributed by atoms with van der Waals surface area (Å²) < 4.78 is 5.49. The van der Waals surface area contributed by atoms with E-state index in [0.717, 1.165) is 30.0 Å². The molecule has 0 spiro atoms. The van der Waals surface area contributed by atoms with Crippen molar-refractivity contribution in [1.82, 2.24) is 5.32 Å². The zero-order valence-corrected chi connectivity index (χ0v) is 12.4. The molecule has 0 bridgehead atoms. The maximum Gasteiger partial charge on any atom is 0.125 e. The summed E-state index contributed by atoms with van der Waals surface area (Å²) in [6, 6.07) is 6.25. The van der Waals surface area contributed by atoms with Crippen LogP contribution in [0.2, 0.25) is 0 Å². The average Bonchev–Trinajstić information content (AvgIpc) is 2.44. The normalized spacial score (nSPS) is 12.3. The van der Waals surface area contributed by atoms with E-state index in [1.165, 1.54) is 0 Å². The number of anilines is 1. The van der Waals surface area contributed by atoms with Gasteiger partial charge in [0.15, 0.2) is 0 Å². The Morgan fingerprint density at radius 2 is 2.16 bits per heavy atom. The fraction of sp³-hybridized carbons (Fsp3) is 0.600. The Bertz CT molecular complexity index is 382. The molecule has 0 saturated heterocycles. The molecule has 1 rings (SSSR count). The second-order valence-corrected chi connectivity index (χ2v) is 4.71. The maximum atomic E-state index is 9.11. The average molecular weight is 266 g/mol. The molecule has 0 radical (unpaired) electrons. The van der Waals surface area contributed by atoms with E-state index in [1.807, 2.05) is 19.2 Å². The van der Waals surface area contributed by atoms with Crippen molar-refractivity contribution in [2.75, 3.05) is 38.8 Å². The number of aliphatic hydroxyl groups excluding tert-OH is 1. The van der Waals surface area contributed by atoms with Crippen molar-refractivity contribution in [2.24, 2.45) is 0 Å². The molecule has 0 aromatic heterocycles. The van der Waals surface area contributed by atoms with Crippen molar-refractivity contribution >= 4 is 5.69 Å². The molecule has 19 heavy (non-hydrogen) atoms. The number of benzene rings is 1. The molecule has 108 valence electrons. The number of ether oxygens (including phenoxy) is 1. The monoisotopic (exact) mass is 266 g/mol. The van der Waals surface area contributed by atoms with E-state index in [0.29, 0.717) is 6.54 Å². The Hall–Kier alpha value is -1.26. The predicted molar refractivity (Wildman–Crippen MR) is 80.1 cm³/mol. The first-order valence-corrected chi connectivity index (χ1v) is 6.88. The topological polar surface area (TPSA) is 44.7 Å². The van der Waals surface area contributed by atoms with Gasteiger partial charge < -0.3 is 20.1 Å². The second-order valence-electron chi connectivity index (χ2n) is 4.71. The Morgan fingerprint density at radius 1 is 1.42 bits per heavy atom. The first-order valence-electron chi connectivity index (χ1n) is 6.88. The number of hydrogen-bond donors (Lipinski definition) is 2. The van der Waals surface area contributed by atoms with E-state index in [-0.39, 0.29) is 12.6 Å². The number of nitrogens with zero attached hydrogens (tertiary/aromatic N) is 1. The van der Waals surface area contributed by atoms with Gasteiger partial charge in [-0.2, -0.15) is 0 Å². The van der Waals surface area contributed by atoms with E-state index in [1.54, 1.807) is 7.11 Å². The molecule has 4 heteroatoms. The fourth-order valence-electron chi connectivity index (χ4n) is 2.21. The van der Waals surface area contributed by atoms with Gasteiger partial charge in [0.2, 0.25) is 0 Å². The quantitative estimate of drug-likeness (QED) is 0.757. The zero-order chi connectivity index (χ0) is 14.3. The van der Waals surface area contributed by atoms with Gasteiger partial charge in [0.1, 0.15) is 5.75 Å². The summed E-state index contributed by atoms with van der Waals surface area (Å²) in [6.07, 6.45) is 1.10. The molecule has 1 aromatic rings. The molecule has 0 aliphatic carbocycles. The predicted octanol–water partition coefficient (Wildman–Crippen LogP) is 2.18. The Morgan fingerprint density at radius 3 is 2.74 bits per heavy atom. The summed E-state index contributed by atoms with van der Waals surface area (Å²) in [6.45, 7) is 6.03. The number of aliphatic hydroxyl groups is 1.